The van der Waals surface area contributed by atoms with Gasteiger partial charge in [0.1, 0.15) is 0 Å². The highest BCUT2D eigenvalue weighted by atomic mass is 32.2. The van der Waals surface area contributed by atoms with Crippen LogP contribution >= 0.6 is 0 Å². The van der Waals surface area contributed by atoms with E-state index in [9.17, 15) is 8.42 Å². The van der Waals surface area contributed by atoms with Crippen molar-refractivity contribution < 1.29 is 8.42 Å². The molecule has 0 spiro atoms. The molecule has 6 heteroatoms. The van der Waals surface area contributed by atoms with Crippen molar-refractivity contribution in [2.75, 3.05) is 30.4 Å². The Hall–Kier alpha value is -1.27. The zero-order valence-electron chi connectivity index (χ0n) is 9.45. The van der Waals surface area contributed by atoms with Gasteiger partial charge in [0.05, 0.1) is 17.6 Å². The van der Waals surface area contributed by atoms with Gasteiger partial charge in [0.2, 0.25) is 10.0 Å². The molecule has 0 fully saturated rings. The Kier molecular flexibility index (Phi) is 4.14. The first kappa shape index (κ1) is 12.8. The number of nitrogens with one attached hydrogen (secondary N) is 2. The van der Waals surface area contributed by atoms with E-state index < -0.39 is 10.0 Å². The molecule has 5 nitrogen and oxygen atoms in total. The third-order valence-corrected chi connectivity index (χ3v) is 2.74. The molecule has 0 aromatic heterocycles. The lowest BCUT2D eigenvalue weighted by Gasteiger charge is -2.10. The first-order valence-electron chi connectivity index (χ1n) is 4.93. The van der Waals surface area contributed by atoms with E-state index in [-0.39, 0.29) is 0 Å². The predicted molar refractivity (Wildman–Crippen MR) is 66.9 cm³/mol. The third-order valence-electron chi connectivity index (χ3n) is 2.01. The molecule has 1 rings (SSSR count). The lowest BCUT2D eigenvalue weighted by molar-refractivity contribution is 0.589. The number of nitrogen functional groups attached to an aromatic ring is 1. The lowest BCUT2D eigenvalue weighted by atomic mass is 10.2. The maximum absolute atomic E-state index is 10.8. The van der Waals surface area contributed by atoms with E-state index in [0.29, 0.717) is 18.8 Å². The fraction of sp³-hybridized carbons (Fsp3) is 0.400. The topological polar surface area (TPSA) is 84.2 Å². The minimum atomic E-state index is -3.12. The first-order chi connectivity index (χ1) is 7.38. The van der Waals surface area contributed by atoms with Crippen LogP contribution in [0.15, 0.2) is 18.2 Å². The minimum Gasteiger partial charge on any atom is -0.397 e. The van der Waals surface area contributed by atoms with Gasteiger partial charge in [-0.1, -0.05) is 6.07 Å². The Morgan fingerprint density at radius 2 is 2.00 bits per heavy atom. The highest BCUT2D eigenvalue weighted by molar-refractivity contribution is 7.88. The molecular formula is C10H17N3O2S. The van der Waals surface area contributed by atoms with Crippen LogP contribution in [-0.2, 0) is 10.0 Å². The molecule has 0 bridgehead atoms. The van der Waals surface area contributed by atoms with Gasteiger partial charge < -0.3 is 11.1 Å². The van der Waals surface area contributed by atoms with Crippen molar-refractivity contribution in [2.45, 2.75) is 6.92 Å². The second-order valence-electron chi connectivity index (χ2n) is 3.68. The van der Waals surface area contributed by atoms with E-state index in [1.165, 1.54) is 0 Å². The summed E-state index contributed by atoms with van der Waals surface area (Å²) in [5.41, 5.74) is 8.35. The molecule has 4 N–H and O–H groups in total. The molecule has 0 unspecified atom stereocenters. The maximum Gasteiger partial charge on any atom is 0.208 e. The Bertz CT molecular complexity index is 457. The molecule has 0 saturated carbocycles. The standard InChI is InChI=1S/C10H17N3O2S/c1-8-3-4-9(11)10(7-8)12-5-6-13-16(2,14)15/h3-4,7,12-13H,5-6,11H2,1-2H3. The smallest absolute Gasteiger partial charge is 0.208 e. The SMILES string of the molecule is Cc1ccc(N)c(NCCNS(C)(=O)=O)c1. The molecule has 1 aromatic rings. The third kappa shape index (κ3) is 4.50. The van der Waals surface area contributed by atoms with Gasteiger partial charge in [-0.15, -0.1) is 0 Å². The molecule has 0 atom stereocenters. The molecule has 16 heavy (non-hydrogen) atoms. The van der Waals surface area contributed by atoms with Crippen molar-refractivity contribution in [1.82, 2.24) is 4.72 Å². The Labute approximate surface area is 96.1 Å². The number of anilines is 2. The van der Waals surface area contributed by atoms with Gasteiger partial charge in [-0.2, -0.15) is 0 Å². The number of hydrogen-bond acceptors (Lipinski definition) is 4. The zero-order chi connectivity index (χ0) is 12.2. The largest absolute Gasteiger partial charge is 0.397 e. The second kappa shape index (κ2) is 5.18. The van der Waals surface area contributed by atoms with Crippen molar-refractivity contribution in [2.24, 2.45) is 0 Å². The summed E-state index contributed by atoms with van der Waals surface area (Å²) >= 11 is 0. The molecule has 0 saturated heterocycles. The molecule has 0 heterocycles. The summed E-state index contributed by atoms with van der Waals surface area (Å²) in [4.78, 5) is 0. The van der Waals surface area contributed by atoms with Crippen LogP contribution in [-0.4, -0.2) is 27.8 Å². The summed E-state index contributed by atoms with van der Waals surface area (Å²) in [6.45, 7) is 2.81. The zero-order valence-corrected chi connectivity index (χ0v) is 10.3. The van der Waals surface area contributed by atoms with E-state index in [2.05, 4.69) is 10.0 Å². The van der Waals surface area contributed by atoms with Crippen molar-refractivity contribution in [3.05, 3.63) is 23.8 Å². The number of aryl methyl sites for hydroxylation is 1. The molecule has 0 aliphatic rings. The van der Waals surface area contributed by atoms with E-state index in [0.717, 1.165) is 17.5 Å². The first-order valence-corrected chi connectivity index (χ1v) is 6.82. The van der Waals surface area contributed by atoms with Crippen LogP contribution in [0.4, 0.5) is 11.4 Å². The fourth-order valence-corrected chi connectivity index (χ4v) is 1.73. The van der Waals surface area contributed by atoms with Crippen LogP contribution in [0.2, 0.25) is 0 Å². The van der Waals surface area contributed by atoms with Gasteiger partial charge in [-0.25, -0.2) is 13.1 Å². The van der Waals surface area contributed by atoms with E-state index in [4.69, 9.17) is 5.73 Å². The van der Waals surface area contributed by atoms with Gasteiger partial charge in [0.25, 0.3) is 0 Å². The lowest BCUT2D eigenvalue weighted by Crippen LogP contribution is -2.27. The highest BCUT2D eigenvalue weighted by Crippen LogP contribution is 2.18. The minimum absolute atomic E-state index is 0.339. The average molecular weight is 243 g/mol. The van der Waals surface area contributed by atoms with Gasteiger partial charge >= 0.3 is 0 Å². The van der Waals surface area contributed by atoms with Gasteiger partial charge in [0, 0.05) is 13.1 Å². The van der Waals surface area contributed by atoms with Crippen molar-refractivity contribution in [3.63, 3.8) is 0 Å². The van der Waals surface area contributed by atoms with E-state index >= 15 is 0 Å². The van der Waals surface area contributed by atoms with Crippen LogP contribution in [0.5, 0.6) is 0 Å². The maximum atomic E-state index is 10.8. The normalized spacial score (nSPS) is 11.4. The molecule has 0 aliphatic heterocycles. The van der Waals surface area contributed by atoms with Crippen molar-refractivity contribution in [1.29, 1.82) is 0 Å². The Morgan fingerprint density at radius 1 is 1.31 bits per heavy atom. The molecular weight excluding hydrogens is 226 g/mol. The van der Waals surface area contributed by atoms with Crippen molar-refractivity contribution in [3.8, 4) is 0 Å². The van der Waals surface area contributed by atoms with Crippen LogP contribution < -0.4 is 15.8 Å². The summed E-state index contributed by atoms with van der Waals surface area (Å²) in [6, 6.07) is 5.67. The molecule has 0 amide bonds. The Morgan fingerprint density at radius 3 is 2.62 bits per heavy atom. The van der Waals surface area contributed by atoms with E-state index in [1.54, 1.807) is 0 Å². The number of sulfonamides is 1. The van der Waals surface area contributed by atoms with Gasteiger partial charge in [0.15, 0.2) is 0 Å². The van der Waals surface area contributed by atoms with E-state index in [1.807, 2.05) is 25.1 Å². The molecule has 0 radical (unpaired) electrons. The van der Waals surface area contributed by atoms with Gasteiger partial charge in [-0.3, -0.25) is 0 Å². The van der Waals surface area contributed by atoms with Crippen LogP contribution in [0.25, 0.3) is 0 Å². The van der Waals surface area contributed by atoms with Crippen LogP contribution in [0, 0.1) is 6.92 Å². The van der Waals surface area contributed by atoms with Crippen LogP contribution in [0.3, 0.4) is 0 Å². The average Bonchev–Trinajstić information content (AvgIpc) is 2.16. The summed E-state index contributed by atoms with van der Waals surface area (Å²) in [7, 11) is -3.12. The molecule has 0 aliphatic carbocycles. The fourth-order valence-electron chi connectivity index (χ4n) is 1.26. The molecule has 1 aromatic carbocycles. The number of benzene rings is 1. The number of rotatable bonds is 5. The highest BCUT2D eigenvalue weighted by Gasteiger charge is 2.00. The number of nitrogens with two attached hydrogens (primary N) is 1. The van der Waals surface area contributed by atoms with Crippen molar-refractivity contribution >= 4 is 21.4 Å². The quantitative estimate of drug-likeness (QED) is 0.520. The summed E-state index contributed by atoms with van der Waals surface area (Å²) in [6.07, 6.45) is 1.13. The summed E-state index contributed by atoms with van der Waals surface area (Å²) in [5, 5.41) is 3.07. The molecule has 90 valence electrons. The summed E-state index contributed by atoms with van der Waals surface area (Å²) in [5.74, 6) is 0. The summed E-state index contributed by atoms with van der Waals surface area (Å²) < 4.78 is 24.0. The Balaban J connectivity index is 2.46. The number of hydrogen-bond donors (Lipinski definition) is 3. The van der Waals surface area contributed by atoms with Gasteiger partial charge in [-0.05, 0) is 24.6 Å². The predicted octanol–water partition coefficient (Wildman–Crippen LogP) is 0.538. The second-order valence-corrected chi connectivity index (χ2v) is 5.52. The van der Waals surface area contributed by atoms with Crippen LogP contribution in [0.1, 0.15) is 5.56 Å². The monoisotopic (exact) mass is 243 g/mol.